The fourth-order valence-corrected chi connectivity index (χ4v) is 4.75. The van der Waals surface area contributed by atoms with Crippen LogP contribution in [0.1, 0.15) is 35.6 Å². The lowest BCUT2D eigenvalue weighted by Crippen LogP contribution is -2.23. The van der Waals surface area contributed by atoms with Crippen molar-refractivity contribution in [2.45, 2.75) is 31.0 Å². The first-order valence-electron chi connectivity index (χ1n) is 9.67. The Morgan fingerprint density at radius 2 is 1.93 bits per heavy atom. The molecule has 1 fully saturated rings. The van der Waals surface area contributed by atoms with E-state index in [9.17, 15) is 5.11 Å². The number of nitrogens with zero attached hydrogens (tertiary/aromatic N) is 2. The predicted octanol–water partition coefficient (Wildman–Crippen LogP) is 3.07. The zero-order valence-electron chi connectivity index (χ0n) is 15.5. The summed E-state index contributed by atoms with van der Waals surface area (Å²) in [5, 5.41) is 14.5. The van der Waals surface area contributed by atoms with Crippen LogP contribution >= 0.6 is 11.8 Å². The van der Waals surface area contributed by atoms with Gasteiger partial charge in [0, 0.05) is 18.2 Å². The van der Waals surface area contributed by atoms with Crippen LogP contribution in [0.2, 0.25) is 0 Å². The molecule has 0 aromatic heterocycles. The van der Waals surface area contributed by atoms with E-state index in [4.69, 9.17) is 9.47 Å². The smallest absolute Gasteiger partial charge is 0.194 e. The molecule has 3 aliphatic heterocycles. The highest BCUT2D eigenvalue weighted by Crippen LogP contribution is 2.38. The molecule has 3 heterocycles. The summed E-state index contributed by atoms with van der Waals surface area (Å²) in [6.45, 7) is 3.25. The third kappa shape index (κ3) is 3.57. The zero-order chi connectivity index (χ0) is 18.9. The Balaban J connectivity index is 1.29. The molecule has 5 rings (SSSR count). The molecule has 146 valence electrons. The topological polar surface area (TPSA) is 66.3 Å². The van der Waals surface area contributed by atoms with E-state index >= 15 is 0 Å². The lowest BCUT2D eigenvalue weighted by molar-refractivity contribution is 0.170. The molecule has 0 bridgehead atoms. The number of hydrogen-bond donors (Lipinski definition) is 2. The van der Waals surface area contributed by atoms with E-state index in [1.165, 1.54) is 29.3 Å². The summed E-state index contributed by atoms with van der Waals surface area (Å²) < 4.78 is 11.4. The van der Waals surface area contributed by atoms with Gasteiger partial charge in [-0.25, -0.2) is 0 Å². The lowest BCUT2D eigenvalue weighted by atomic mass is 10.0. The molecule has 28 heavy (non-hydrogen) atoms. The average molecular weight is 398 g/mol. The summed E-state index contributed by atoms with van der Waals surface area (Å²) in [5.74, 6) is 1.72. The van der Waals surface area contributed by atoms with Crippen molar-refractivity contribution in [2.24, 2.45) is 5.10 Å². The van der Waals surface area contributed by atoms with Gasteiger partial charge in [-0.05, 0) is 54.4 Å². The van der Waals surface area contributed by atoms with Crippen LogP contribution in [0.25, 0.3) is 0 Å². The number of benzene rings is 2. The SMILES string of the molecule is OC1NN=C(c2ccc(CN3CCC[C@@H]3c3ccc4c(c3)OCCO4)cc2)S1. The number of nitrogens with one attached hydrogen (secondary N) is 1. The Bertz CT molecular complexity index is 887. The molecule has 0 amide bonds. The molecular weight excluding hydrogens is 374 g/mol. The van der Waals surface area contributed by atoms with Gasteiger partial charge in [-0.15, -0.1) is 0 Å². The molecule has 2 aromatic carbocycles. The fourth-order valence-electron chi connectivity index (χ4n) is 4.05. The summed E-state index contributed by atoms with van der Waals surface area (Å²) >= 11 is 1.33. The Hall–Kier alpha value is -2.22. The third-order valence-corrected chi connectivity index (χ3v) is 6.28. The summed E-state index contributed by atoms with van der Waals surface area (Å²) in [7, 11) is 0. The van der Waals surface area contributed by atoms with Crippen LogP contribution in [0.3, 0.4) is 0 Å². The summed E-state index contributed by atoms with van der Waals surface area (Å²) in [5.41, 5.74) is 5.63. The van der Waals surface area contributed by atoms with Gasteiger partial charge in [0.25, 0.3) is 0 Å². The number of hydrazone groups is 1. The first kappa shape index (κ1) is 17.8. The van der Waals surface area contributed by atoms with Crippen LogP contribution in [0.4, 0.5) is 0 Å². The van der Waals surface area contributed by atoms with Gasteiger partial charge < -0.3 is 14.6 Å². The van der Waals surface area contributed by atoms with E-state index in [1.807, 2.05) is 6.07 Å². The lowest BCUT2D eigenvalue weighted by Gasteiger charge is -2.26. The Kier molecular flexibility index (Phi) is 4.88. The highest BCUT2D eigenvalue weighted by molar-refractivity contribution is 8.15. The molecule has 0 spiro atoms. The number of thioether (sulfide) groups is 1. The van der Waals surface area contributed by atoms with Gasteiger partial charge in [-0.1, -0.05) is 30.3 Å². The van der Waals surface area contributed by atoms with Crippen molar-refractivity contribution in [1.29, 1.82) is 0 Å². The fraction of sp³-hybridized carbons (Fsp3) is 0.381. The van der Waals surface area contributed by atoms with Crippen LogP contribution in [0.5, 0.6) is 11.5 Å². The molecular formula is C21H23N3O3S. The molecule has 7 heteroatoms. The van der Waals surface area contributed by atoms with Gasteiger partial charge in [0.2, 0.25) is 0 Å². The van der Waals surface area contributed by atoms with Crippen LogP contribution in [-0.4, -0.2) is 40.4 Å². The minimum Gasteiger partial charge on any atom is -0.486 e. The molecule has 2 N–H and O–H groups in total. The minimum absolute atomic E-state index is 0.407. The monoisotopic (exact) mass is 397 g/mol. The van der Waals surface area contributed by atoms with E-state index in [1.54, 1.807) is 0 Å². The molecule has 0 radical (unpaired) electrons. The van der Waals surface area contributed by atoms with Crippen molar-refractivity contribution in [3.63, 3.8) is 0 Å². The zero-order valence-corrected chi connectivity index (χ0v) is 16.3. The molecule has 3 aliphatic rings. The Morgan fingerprint density at radius 1 is 1.11 bits per heavy atom. The molecule has 6 nitrogen and oxygen atoms in total. The van der Waals surface area contributed by atoms with Crippen molar-refractivity contribution in [2.75, 3.05) is 19.8 Å². The van der Waals surface area contributed by atoms with Crippen molar-refractivity contribution in [3.8, 4) is 11.5 Å². The normalized spacial score (nSPS) is 24.1. The molecule has 2 aromatic rings. The average Bonchev–Trinajstić information content (AvgIpc) is 3.37. The highest BCUT2D eigenvalue weighted by atomic mass is 32.2. The number of aliphatic hydroxyl groups is 1. The number of likely N-dealkylation sites (tertiary alicyclic amines) is 1. The van der Waals surface area contributed by atoms with E-state index in [-0.39, 0.29) is 0 Å². The summed E-state index contributed by atoms with van der Waals surface area (Å²) in [6, 6.07) is 15.2. The molecule has 1 saturated heterocycles. The number of fused-ring (bicyclic) bond motifs is 1. The highest BCUT2D eigenvalue weighted by Gasteiger charge is 2.27. The second kappa shape index (κ2) is 7.66. The predicted molar refractivity (Wildman–Crippen MR) is 110 cm³/mol. The van der Waals surface area contributed by atoms with Crippen LogP contribution in [0, 0.1) is 0 Å². The standard InChI is InChI=1S/C21H23N3O3S/c25-21-23-22-20(28-21)15-5-3-14(4-6-15)13-24-9-1-2-17(24)16-7-8-18-19(12-16)27-11-10-26-18/h3-8,12,17,21,23,25H,1-2,9-11,13H2/t17-,21?/m1/s1. The maximum absolute atomic E-state index is 9.53. The minimum atomic E-state index is -0.647. The first-order valence-corrected chi connectivity index (χ1v) is 10.5. The number of ether oxygens (including phenoxy) is 2. The van der Waals surface area contributed by atoms with Gasteiger partial charge in [0.15, 0.2) is 17.1 Å². The Labute approximate surface area is 168 Å². The van der Waals surface area contributed by atoms with Crippen molar-refractivity contribution in [1.82, 2.24) is 10.3 Å². The quantitative estimate of drug-likeness (QED) is 0.827. The van der Waals surface area contributed by atoms with E-state index in [0.717, 1.165) is 41.6 Å². The maximum Gasteiger partial charge on any atom is 0.194 e. The maximum atomic E-state index is 9.53. The van der Waals surface area contributed by atoms with Crippen molar-refractivity contribution < 1.29 is 14.6 Å². The first-order chi connectivity index (χ1) is 13.8. The largest absolute Gasteiger partial charge is 0.486 e. The second-order valence-corrected chi connectivity index (χ2v) is 8.31. The molecule has 2 atom stereocenters. The summed E-state index contributed by atoms with van der Waals surface area (Å²) in [4.78, 5) is 2.54. The third-order valence-electron chi connectivity index (χ3n) is 5.40. The molecule has 0 aliphatic carbocycles. The molecule has 0 saturated carbocycles. The van der Waals surface area contributed by atoms with Crippen molar-refractivity contribution in [3.05, 3.63) is 59.2 Å². The second-order valence-electron chi connectivity index (χ2n) is 7.24. The Morgan fingerprint density at radius 3 is 2.71 bits per heavy atom. The van der Waals surface area contributed by atoms with E-state index < -0.39 is 5.56 Å². The number of hydrogen-bond acceptors (Lipinski definition) is 7. The van der Waals surface area contributed by atoms with Gasteiger partial charge in [0.05, 0.1) is 0 Å². The number of aliphatic hydroxyl groups excluding tert-OH is 1. The van der Waals surface area contributed by atoms with Gasteiger partial charge >= 0.3 is 0 Å². The van der Waals surface area contributed by atoms with Crippen LogP contribution < -0.4 is 14.9 Å². The van der Waals surface area contributed by atoms with Crippen LogP contribution in [-0.2, 0) is 6.54 Å². The van der Waals surface area contributed by atoms with Gasteiger partial charge in [-0.3, -0.25) is 10.3 Å². The molecule has 1 unspecified atom stereocenters. The summed E-state index contributed by atoms with van der Waals surface area (Å²) in [6.07, 6.45) is 2.36. The van der Waals surface area contributed by atoms with Gasteiger partial charge in [-0.2, -0.15) is 5.10 Å². The van der Waals surface area contributed by atoms with Crippen LogP contribution in [0.15, 0.2) is 47.6 Å². The van der Waals surface area contributed by atoms with E-state index in [0.29, 0.717) is 19.3 Å². The van der Waals surface area contributed by atoms with E-state index in [2.05, 4.69) is 51.8 Å². The van der Waals surface area contributed by atoms with Gasteiger partial charge in [0.1, 0.15) is 18.3 Å². The van der Waals surface area contributed by atoms with Crippen molar-refractivity contribution >= 4 is 16.8 Å². The number of rotatable bonds is 4.